The van der Waals surface area contributed by atoms with E-state index in [-0.39, 0.29) is 11.6 Å². The maximum Gasteiger partial charge on any atom is 0.171 e. The van der Waals surface area contributed by atoms with Crippen LogP contribution in [0.2, 0.25) is 5.02 Å². The second-order valence-electron chi connectivity index (χ2n) is 7.95. The third kappa shape index (κ3) is 5.60. The Morgan fingerprint density at radius 2 is 1.38 bits per heavy atom. The van der Waals surface area contributed by atoms with Crippen LogP contribution in [-0.2, 0) is 0 Å². The zero-order valence-electron chi connectivity index (χ0n) is 19.8. The monoisotopic (exact) mass is 480 g/mol. The molecule has 0 N–H and O–H groups in total. The van der Waals surface area contributed by atoms with Crippen molar-refractivity contribution in [1.82, 2.24) is 0 Å². The largest absolute Gasteiger partial charge is 0.497 e. The number of benzene rings is 3. The lowest BCUT2D eigenvalue weighted by atomic mass is 9.75. The first kappa shape index (κ1) is 25.3. The van der Waals surface area contributed by atoms with E-state index in [1.807, 2.05) is 19.1 Å². The van der Waals surface area contributed by atoms with Crippen LogP contribution in [0.5, 0.6) is 17.2 Å². The zero-order valence-corrected chi connectivity index (χ0v) is 20.6. The van der Waals surface area contributed by atoms with Gasteiger partial charge in [-0.2, -0.15) is 0 Å². The van der Waals surface area contributed by atoms with Crippen molar-refractivity contribution in [3.63, 3.8) is 0 Å². The molecule has 0 aliphatic heterocycles. The van der Waals surface area contributed by atoms with E-state index in [1.165, 1.54) is 7.11 Å². The summed E-state index contributed by atoms with van der Waals surface area (Å²) in [7, 11) is 4.67. The molecule has 3 rings (SSSR count). The van der Waals surface area contributed by atoms with Crippen LogP contribution in [0.1, 0.15) is 52.0 Å². The molecule has 0 amide bonds. The summed E-state index contributed by atoms with van der Waals surface area (Å²) in [5, 5.41) is 0.474. The third-order valence-electron chi connectivity index (χ3n) is 5.90. The lowest BCUT2D eigenvalue weighted by molar-refractivity contribution is 0.0810. The fraction of sp³-hybridized carbons (Fsp3) is 0.286. The number of hydrogen-bond acceptors (Lipinski definition) is 5. The van der Waals surface area contributed by atoms with Gasteiger partial charge in [-0.15, -0.1) is 0 Å². The van der Waals surface area contributed by atoms with E-state index < -0.39 is 11.8 Å². The van der Waals surface area contributed by atoms with Crippen molar-refractivity contribution in [3.05, 3.63) is 88.4 Å². The van der Waals surface area contributed by atoms with Crippen LogP contribution in [0.15, 0.2) is 66.7 Å². The molecule has 0 aliphatic carbocycles. The Kier molecular flexibility index (Phi) is 8.72. The molecular formula is C28H29ClO5. The van der Waals surface area contributed by atoms with E-state index in [4.69, 9.17) is 25.8 Å². The van der Waals surface area contributed by atoms with Crippen LogP contribution in [-0.4, -0.2) is 32.9 Å². The molecule has 0 fully saturated rings. The van der Waals surface area contributed by atoms with Crippen molar-refractivity contribution < 1.29 is 23.8 Å². The molecule has 0 bridgehead atoms. The van der Waals surface area contributed by atoms with Crippen LogP contribution >= 0.6 is 11.6 Å². The molecule has 0 aliphatic rings. The summed E-state index contributed by atoms with van der Waals surface area (Å²) in [5.74, 6) is 0.159. The molecule has 34 heavy (non-hydrogen) atoms. The average molecular weight is 481 g/mol. The van der Waals surface area contributed by atoms with E-state index >= 15 is 0 Å². The van der Waals surface area contributed by atoms with Gasteiger partial charge >= 0.3 is 0 Å². The first-order valence-corrected chi connectivity index (χ1v) is 11.5. The standard InChI is InChI=1S/C28H29ClO5/c1-5-6-24(28(31)23-16-11-20(29)17-25(23)34-4)26(18-7-12-21(32-2)13-8-18)27(30)19-9-14-22(33-3)15-10-19/h7-17,24,26H,5-6H2,1-4H3. The van der Waals surface area contributed by atoms with Crippen LogP contribution < -0.4 is 14.2 Å². The first-order valence-electron chi connectivity index (χ1n) is 11.1. The third-order valence-corrected chi connectivity index (χ3v) is 6.13. The smallest absolute Gasteiger partial charge is 0.171 e. The summed E-state index contributed by atoms with van der Waals surface area (Å²) >= 11 is 6.12. The van der Waals surface area contributed by atoms with Crippen molar-refractivity contribution in [2.45, 2.75) is 25.7 Å². The summed E-state index contributed by atoms with van der Waals surface area (Å²) in [6.45, 7) is 2.00. The Morgan fingerprint density at radius 3 is 1.91 bits per heavy atom. The molecule has 0 saturated carbocycles. The number of carbonyl (C=O) groups excluding carboxylic acids is 2. The van der Waals surface area contributed by atoms with Gasteiger partial charge in [0.25, 0.3) is 0 Å². The predicted octanol–water partition coefficient (Wildman–Crippen LogP) is 6.63. The Morgan fingerprint density at radius 1 is 0.794 bits per heavy atom. The minimum Gasteiger partial charge on any atom is -0.497 e. The van der Waals surface area contributed by atoms with Gasteiger partial charge in [-0.3, -0.25) is 9.59 Å². The number of methoxy groups -OCH3 is 3. The number of hydrogen-bond donors (Lipinski definition) is 0. The number of ketones is 2. The van der Waals surface area contributed by atoms with Crippen LogP contribution in [0.3, 0.4) is 0 Å². The van der Waals surface area contributed by atoms with Gasteiger partial charge in [0, 0.05) is 16.5 Å². The summed E-state index contributed by atoms with van der Waals surface area (Å²) in [5.41, 5.74) is 1.67. The highest BCUT2D eigenvalue weighted by atomic mass is 35.5. The van der Waals surface area contributed by atoms with Crippen molar-refractivity contribution in [2.24, 2.45) is 5.92 Å². The van der Waals surface area contributed by atoms with E-state index in [0.29, 0.717) is 39.8 Å². The van der Waals surface area contributed by atoms with Gasteiger partial charge in [0.2, 0.25) is 0 Å². The van der Waals surface area contributed by atoms with Crippen molar-refractivity contribution in [3.8, 4) is 17.2 Å². The first-order chi connectivity index (χ1) is 16.4. The lowest BCUT2D eigenvalue weighted by Crippen LogP contribution is -2.29. The normalized spacial score (nSPS) is 12.5. The highest BCUT2D eigenvalue weighted by Crippen LogP contribution is 2.37. The fourth-order valence-corrected chi connectivity index (χ4v) is 4.30. The number of ether oxygens (including phenoxy) is 3. The second kappa shape index (κ2) is 11.7. The highest BCUT2D eigenvalue weighted by Gasteiger charge is 2.36. The molecule has 0 radical (unpaired) electrons. The lowest BCUT2D eigenvalue weighted by Gasteiger charge is -2.26. The van der Waals surface area contributed by atoms with E-state index in [2.05, 4.69) is 0 Å². The SMILES string of the molecule is CCCC(C(=O)c1ccc(Cl)cc1OC)C(C(=O)c1ccc(OC)cc1)c1ccc(OC)cc1. The van der Waals surface area contributed by atoms with Crippen LogP contribution in [0.4, 0.5) is 0 Å². The maximum absolute atomic E-state index is 13.9. The molecule has 178 valence electrons. The van der Waals surface area contributed by atoms with Crippen molar-refractivity contribution >= 4 is 23.2 Å². The summed E-state index contributed by atoms with van der Waals surface area (Å²) in [4.78, 5) is 27.8. The Balaban J connectivity index is 2.12. The molecule has 5 nitrogen and oxygen atoms in total. The van der Waals surface area contributed by atoms with Gasteiger partial charge in [-0.25, -0.2) is 0 Å². The van der Waals surface area contributed by atoms with Gasteiger partial charge in [0.15, 0.2) is 11.6 Å². The number of Topliss-reactive ketones (excluding diaryl/α,β-unsaturated/α-hetero) is 2. The molecular weight excluding hydrogens is 452 g/mol. The molecule has 3 aromatic carbocycles. The topological polar surface area (TPSA) is 61.8 Å². The van der Waals surface area contributed by atoms with Gasteiger partial charge < -0.3 is 14.2 Å². The van der Waals surface area contributed by atoms with Gasteiger partial charge in [0.05, 0.1) is 32.8 Å². The summed E-state index contributed by atoms with van der Waals surface area (Å²) in [6, 6.07) is 19.2. The molecule has 0 aromatic heterocycles. The second-order valence-corrected chi connectivity index (χ2v) is 8.38. The van der Waals surface area contributed by atoms with E-state index in [1.54, 1.807) is 68.8 Å². The van der Waals surface area contributed by atoms with Gasteiger partial charge in [-0.1, -0.05) is 37.1 Å². The molecule has 0 heterocycles. The number of carbonyl (C=O) groups is 2. The van der Waals surface area contributed by atoms with Crippen LogP contribution in [0.25, 0.3) is 0 Å². The molecule has 0 saturated heterocycles. The Labute approximate surface area is 205 Å². The summed E-state index contributed by atoms with van der Waals surface area (Å²) < 4.78 is 16.0. The zero-order chi connectivity index (χ0) is 24.7. The van der Waals surface area contributed by atoms with Gasteiger partial charge in [-0.05, 0) is 66.6 Å². The molecule has 3 aromatic rings. The molecule has 2 unspecified atom stereocenters. The molecule has 0 spiro atoms. The Bertz CT molecular complexity index is 1120. The Hall–Kier alpha value is -3.31. The highest BCUT2D eigenvalue weighted by molar-refractivity contribution is 6.31. The number of halogens is 1. The minimum absolute atomic E-state index is 0.132. The summed E-state index contributed by atoms with van der Waals surface area (Å²) in [6.07, 6.45) is 1.26. The van der Waals surface area contributed by atoms with E-state index in [0.717, 1.165) is 12.0 Å². The van der Waals surface area contributed by atoms with Crippen molar-refractivity contribution in [1.29, 1.82) is 0 Å². The number of rotatable bonds is 11. The maximum atomic E-state index is 13.9. The van der Waals surface area contributed by atoms with Crippen LogP contribution in [0, 0.1) is 5.92 Å². The minimum atomic E-state index is -0.688. The molecule has 2 atom stereocenters. The van der Waals surface area contributed by atoms with E-state index in [9.17, 15) is 9.59 Å². The average Bonchev–Trinajstić information content (AvgIpc) is 2.88. The molecule has 6 heteroatoms. The fourth-order valence-electron chi connectivity index (χ4n) is 4.14. The van der Waals surface area contributed by atoms with Crippen molar-refractivity contribution in [2.75, 3.05) is 21.3 Å². The predicted molar refractivity (Wildman–Crippen MR) is 134 cm³/mol. The quantitative estimate of drug-likeness (QED) is 0.288. The van der Waals surface area contributed by atoms with Gasteiger partial charge in [0.1, 0.15) is 17.2 Å².